The molecule has 2 aromatic carbocycles. The van der Waals surface area contributed by atoms with E-state index in [9.17, 15) is 18.8 Å². The van der Waals surface area contributed by atoms with E-state index in [1.54, 1.807) is 37.3 Å². The van der Waals surface area contributed by atoms with Crippen LogP contribution in [-0.4, -0.2) is 51.6 Å². The second kappa shape index (κ2) is 13.9. The van der Waals surface area contributed by atoms with Crippen LogP contribution in [0.3, 0.4) is 0 Å². The Labute approximate surface area is 269 Å². The van der Waals surface area contributed by atoms with E-state index in [2.05, 4.69) is 26.3 Å². The highest BCUT2D eigenvalue weighted by atomic mass is 35.5. The van der Waals surface area contributed by atoms with Gasteiger partial charge in [0.15, 0.2) is 11.5 Å². The zero-order chi connectivity index (χ0) is 33.0. The Hall–Kier alpha value is -5.04. The number of nitrogens with zero attached hydrogens (tertiary/aromatic N) is 4. The molecule has 2 bridgehead atoms. The Balaban J connectivity index is 1.55. The lowest BCUT2D eigenvalue weighted by Crippen LogP contribution is -2.30. The van der Waals surface area contributed by atoms with Gasteiger partial charge in [0.05, 0.1) is 41.9 Å². The number of aromatic nitrogens is 4. The largest absolute Gasteiger partial charge is 0.478 e. The molecule has 3 N–H and O–H groups in total. The van der Waals surface area contributed by atoms with Gasteiger partial charge in [0.25, 0.3) is 5.91 Å². The van der Waals surface area contributed by atoms with Gasteiger partial charge in [-0.15, -0.1) is 5.10 Å². The van der Waals surface area contributed by atoms with Crippen LogP contribution in [0.1, 0.15) is 61.0 Å². The number of hydrogen-bond acceptors (Lipinski definition) is 8. The van der Waals surface area contributed by atoms with Crippen molar-refractivity contribution in [3.8, 4) is 22.7 Å². The van der Waals surface area contributed by atoms with Crippen LogP contribution in [0.2, 0.25) is 5.02 Å². The molecule has 3 heterocycles. The summed E-state index contributed by atoms with van der Waals surface area (Å²) < 4.78 is 26.5. The summed E-state index contributed by atoms with van der Waals surface area (Å²) in [6.45, 7) is 5.62. The van der Waals surface area contributed by atoms with E-state index >= 15 is 0 Å². The molecule has 3 amide bonds. The van der Waals surface area contributed by atoms with Crippen LogP contribution in [0.15, 0.2) is 48.5 Å². The Morgan fingerprint density at radius 2 is 1.98 bits per heavy atom. The van der Waals surface area contributed by atoms with Crippen LogP contribution in [0.4, 0.5) is 20.6 Å². The summed E-state index contributed by atoms with van der Waals surface area (Å²) in [5.41, 5.74) is 3.13. The minimum absolute atomic E-state index is 0.00963. The Bertz CT molecular complexity index is 1800. The predicted octanol–water partition coefficient (Wildman–Crippen LogP) is 6.24. The Kier molecular flexibility index (Phi) is 9.81. The maximum atomic E-state index is 14.8. The lowest BCUT2D eigenvalue weighted by molar-refractivity contribution is -0.119. The number of fused-ring (bicyclic) bond motifs is 4. The first-order chi connectivity index (χ1) is 22.1. The van der Waals surface area contributed by atoms with Gasteiger partial charge >= 0.3 is 6.09 Å². The molecule has 1 aliphatic heterocycles. The Morgan fingerprint density at radius 1 is 1.17 bits per heavy atom. The summed E-state index contributed by atoms with van der Waals surface area (Å²) in [5.74, 6) is -1.44. The summed E-state index contributed by atoms with van der Waals surface area (Å²) in [7, 11) is 1.26. The quantitative estimate of drug-likeness (QED) is 0.222. The second-order valence-corrected chi connectivity index (χ2v) is 11.2. The van der Waals surface area contributed by atoms with E-state index in [1.165, 1.54) is 23.9 Å². The zero-order valence-electron chi connectivity index (χ0n) is 25.7. The third-order valence-electron chi connectivity index (χ3n) is 7.64. The number of halogens is 2. The molecule has 2 unspecified atom stereocenters. The third kappa shape index (κ3) is 6.94. The lowest BCUT2D eigenvalue weighted by atomic mass is 9.95. The van der Waals surface area contributed by atoms with Crippen LogP contribution in [0.25, 0.3) is 16.8 Å². The fourth-order valence-electron chi connectivity index (χ4n) is 5.19. The van der Waals surface area contributed by atoms with Crippen molar-refractivity contribution in [3.63, 3.8) is 0 Å². The molecular weight excluding hydrogens is 617 g/mol. The molecule has 2 atom stereocenters. The number of benzene rings is 2. The van der Waals surface area contributed by atoms with Crippen molar-refractivity contribution in [2.45, 2.75) is 46.1 Å². The van der Waals surface area contributed by atoms with Gasteiger partial charge in [-0.3, -0.25) is 14.9 Å². The average Bonchev–Trinajstić information content (AvgIpc) is 3.42. The van der Waals surface area contributed by atoms with Crippen LogP contribution in [0.5, 0.6) is 5.88 Å². The lowest BCUT2D eigenvalue weighted by Gasteiger charge is -2.23. The van der Waals surface area contributed by atoms with E-state index in [1.807, 2.05) is 19.9 Å². The third-order valence-corrected chi connectivity index (χ3v) is 7.93. The molecule has 14 heteroatoms. The molecule has 240 valence electrons. The maximum Gasteiger partial charge on any atom is 0.411 e. The van der Waals surface area contributed by atoms with Gasteiger partial charge in [-0.25, -0.2) is 18.9 Å². The van der Waals surface area contributed by atoms with E-state index < -0.39 is 23.9 Å². The number of carbonyl (C=O) groups is 3. The van der Waals surface area contributed by atoms with Gasteiger partial charge in [0.2, 0.25) is 11.8 Å². The highest BCUT2D eigenvalue weighted by Gasteiger charge is 2.26. The van der Waals surface area contributed by atoms with Crippen molar-refractivity contribution < 1.29 is 28.2 Å². The molecule has 46 heavy (non-hydrogen) atoms. The minimum Gasteiger partial charge on any atom is -0.478 e. The Morgan fingerprint density at radius 3 is 2.74 bits per heavy atom. The van der Waals surface area contributed by atoms with Crippen molar-refractivity contribution in [3.05, 3.63) is 76.5 Å². The first-order valence-corrected chi connectivity index (χ1v) is 15.1. The monoisotopic (exact) mass is 649 g/mol. The smallest absolute Gasteiger partial charge is 0.411 e. The summed E-state index contributed by atoms with van der Waals surface area (Å²) >= 11 is 5.96. The molecule has 0 spiro atoms. The van der Waals surface area contributed by atoms with E-state index in [0.717, 1.165) is 0 Å². The number of amides is 3. The van der Waals surface area contributed by atoms with E-state index in [0.29, 0.717) is 65.6 Å². The molecule has 1 aliphatic rings. The molecule has 5 rings (SSSR count). The van der Waals surface area contributed by atoms with Gasteiger partial charge in [0.1, 0.15) is 5.69 Å². The van der Waals surface area contributed by atoms with Gasteiger partial charge in [-0.2, -0.15) is 0 Å². The van der Waals surface area contributed by atoms with Crippen molar-refractivity contribution in [1.29, 1.82) is 0 Å². The number of nitrogens with one attached hydrogen (secondary N) is 3. The van der Waals surface area contributed by atoms with Gasteiger partial charge in [-0.05, 0) is 62.6 Å². The zero-order valence-corrected chi connectivity index (χ0v) is 26.4. The van der Waals surface area contributed by atoms with Gasteiger partial charge < -0.3 is 20.1 Å². The number of anilines is 2. The molecule has 4 aromatic rings. The molecule has 0 fully saturated rings. The van der Waals surface area contributed by atoms with Crippen LogP contribution >= 0.6 is 11.6 Å². The molecule has 0 saturated heterocycles. The van der Waals surface area contributed by atoms with E-state index in [-0.39, 0.29) is 28.2 Å². The number of hydrogen-bond donors (Lipinski definition) is 3. The summed E-state index contributed by atoms with van der Waals surface area (Å²) in [5, 5.41) is 16.6. The second-order valence-electron chi connectivity index (χ2n) is 10.8. The van der Waals surface area contributed by atoms with Gasteiger partial charge in [-0.1, -0.05) is 42.3 Å². The molecule has 0 radical (unpaired) electrons. The van der Waals surface area contributed by atoms with Crippen molar-refractivity contribution in [2.75, 3.05) is 24.4 Å². The first kappa shape index (κ1) is 32.4. The van der Waals surface area contributed by atoms with E-state index in [4.69, 9.17) is 26.1 Å². The summed E-state index contributed by atoms with van der Waals surface area (Å²) in [4.78, 5) is 43.5. The van der Waals surface area contributed by atoms with Crippen LogP contribution in [-0.2, 0) is 9.53 Å². The number of pyridine rings is 1. The number of rotatable bonds is 6. The molecular formula is C32H33ClFN7O5. The standard InChI is InChI=1S/C32H33ClFN7O5/c1-5-46-27-15-19-14-25(36-27)23(37-31(43)29-18(3)41(40-39-29)26-11-7-9-22(33)28(26)34)10-6-8-17(2)30(42)38-24-16-20(12-13-21(19)24)35-32(44)45-4/h7,9,11-17,23H,5-6,8,10H2,1-4H3,(H,35,44)(H,37,43)(H,38,42). The fourth-order valence-corrected chi connectivity index (χ4v) is 5.36. The highest BCUT2D eigenvalue weighted by Crippen LogP contribution is 2.36. The van der Waals surface area contributed by atoms with Crippen molar-refractivity contribution in [2.24, 2.45) is 5.92 Å². The van der Waals surface area contributed by atoms with Crippen molar-refractivity contribution >= 4 is 40.9 Å². The number of ether oxygens (including phenoxy) is 2. The minimum atomic E-state index is -0.681. The maximum absolute atomic E-state index is 14.8. The SMILES string of the molecule is CCOc1cc2cc(n1)C(NC(=O)c1nnn(-c3cccc(Cl)c3F)c1C)CCCC(C)C(=O)Nc1cc(NC(=O)OC)ccc1-2. The van der Waals surface area contributed by atoms with Crippen molar-refractivity contribution in [1.82, 2.24) is 25.3 Å². The summed E-state index contributed by atoms with van der Waals surface area (Å²) in [6, 6.07) is 12.6. The molecule has 12 nitrogen and oxygen atoms in total. The topological polar surface area (TPSA) is 149 Å². The average molecular weight is 650 g/mol. The molecule has 2 aromatic heterocycles. The highest BCUT2D eigenvalue weighted by molar-refractivity contribution is 6.30. The normalized spacial score (nSPS) is 16.3. The first-order valence-electron chi connectivity index (χ1n) is 14.7. The predicted molar refractivity (Wildman–Crippen MR) is 170 cm³/mol. The number of carbonyl (C=O) groups excluding carboxylic acids is 3. The van der Waals surface area contributed by atoms with Gasteiger partial charge in [0, 0.05) is 23.2 Å². The fraction of sp³-hybridized carbons (Fsp3) is 0.312. The summed E-state index contributed by atoms with van der Waals surface area (Å²) in [6.07, 6.45) is 0.904. The molecule has 0 saturated carbocycles. The van der Waals surface area contributed by atoms with Crippen LogP contribution in [0, 0.1) is 18.7 Å². The van der Waals surface area contributed by atoms with Crippen LogP contribution < -0.4 is 20.7 Å². The molecule has 0 aliphatic carbocycles. The number of methoxy groups -OCH3 is 1.